The Hall–Kier alpha value is -5.79. The van der Waals surface area contributed by atoms with Crippen LogP contribution in [-0.2, 0) is 52.4 Å². The first-order chi connectivity index (χ1) is 40.5. The molecule has 3 aromatic carbocycles. The van der Waals surface area contributed by atoms with E-state index in [0.717, 1.165) is 34.1 Å². The fourth-order valence-corrected chi connectivity index (χ4v) is 9.18. The summed E-state index contributed by atoms with van der Waals surface area (Å²) >= 11 is 0. The van der Waals surface area contributed by atoms with E-state index in [-0.39, 0.29) is 114 Å². The van der Waals surface area contributed by atoms with Gasteiger partial charge >= 0.3 is 23.9 Å². The van der Waals surface area contributed by atoms with Crippen LogP contribution in [0.2, 0.25) is 0 Å². The van der Waals surface area contributed by atoms with E-state index in [0.29, 0.717) is 19.1 Å². The van der Waals surface area contributed by atoms with Gasteiger partial charge in [-0.2, -0.15) is 0 Å². The molecule has 0 aromatic heterocycles. The van der Waals surface area contributed by atoms with Gasteiger partial charge in [0.05, 0.1) is 68.7 Å². The molecule has 3 rings (SSSR count). The smallest absolute Gasteiger partial charge is 0.308 e. The number of ether oxygens (including phenoxy) is 6. The molecule has 3 aromatic rings. The molecule has 0 radical (unpaired) electrons. The lowest BCUT2D eigenvalue weighted by Crippen LogP contribution is -2.41. The summed E-state index contributed by atoms with van der Waals surface area (Å²) in [5.74, 6) is -0.272. The van der Waals surface area contributed by atoms with Crippen molar-refractivity contribution >= 4 is 41.3 Å². The van der Waals surface area contributed by atoms with Gasteiger partial charge in [-0.05, 0) is 65.4 Å². The largest absolute Gasteiger partial charge is 0.500 e. The Morgan fingerprint density at radius 1 is 0.432 bits per heavy atom. The number of hydrogen-bond acceptors (Lipinski definition) is 13. The summed E-state index contributed by atoms with van der Waals surface area (Å²) in [6.45, 7) is 54.0. The quantitative estimate of drug-likeness (QED) is 0.0304. The maximum atomic E-state index is 12.0. The number of allylic oxidation sites excluding steroid dienone is 2. The van der Waals surface area contributed by atoms with Crippen molar-refractivity contribution < 1.29 is 62.6 Å². The number of aliphatic hydroxyl groups is 2. The van der Waals surface area contributed by atoms with Crippen LogP contribution >= 0.6 is 0 Å². The highest BCUT2D eigenvalue weighted by Gasteiger charge is 2.38. The van der Waals surface area contributed by atoms with Gasteiger partial charge in [0, 0.05) is 27.6 Å². The Bertz CT molecular complexity index is 2460. The summed E-state index contributed by atoms with van der Waals surface area (Å²) < 4.78 is 33.7. The molecule has 13 heteroatoms. The summed E-state index contributed by atoms with van der Waals surface area (Å²) in [5, 5.41) is 19.2. The molecule has 0 aliphatic carbocycles. The maximum Gasteiger partial charge on any atom is 0.308 e. The Labute approximate surface area is 534 Å². The van der Waals surface area contributed by atoms with E-state index in [2.05, 4.69) is 79.7 Å². The number of aldehydes is 1. The molecule has 5 atom stereocenters. The van der Waals surface area contributed by atoms with E-state index >= 15 is 0 Å². The van der Waals surface area contributed by atoms with E-state index < -0.39 is 16.9 Å². The summed E-state index contributed by atoms with van der Waals surface area (Å²) in [7, 11) is 0. The van der Waals surface area contributed by atoms with Crippen molar-refractivity contribution in [1.82, 2.24) is 0 Å². The van der Waals surface area contributed by atoms with Crippen molar-refractivity contribution in [3.63, 3.8) is 0 Å². The zero-order valence-corrected chi connectivity index (χ0v) is 59.6. The fourth-order valence-electron chi connectivity index (χ4n) is 9.18. The molecule has 0 aliphatic rings. The van der Waals surface area contributed by atoms with Gasteiger partial charge in [-0.15, -0.1) is 0 Å². The van der Waals surface area contributed by atoms with Gasteiger partial charge in [0.25, 0.3) is 0 Å². The number of carbonyl (C=O) groups is 5. The van der Waals surface area contributed by atoms with Gasteiger partial charge in [0.1, 0.15) is 24.6 Å². The van der Waals surface area contributed by atoms with Crippen LogP contribution in [-0.4, -0.2) is 91.2 Å². The summed E-state index contributed by atoms with van der Waals surface area (Å²) in [5.41, 5.74) is 4.20. The topological polar surface area (TPSA) is 181 Å². The third-order valence-corrected chi connectivity index (χ3v) is 14.6. The zero-order chi connectivity index (χ0) is 68.5. The van der Waals surface area contributed by atoms with Crippen molar-refractivity contribution in [2.24, 2.45) is 69.0 Å². The first kappa shape index (κ1) is 84.3. The van der Waals surface area contributed by atoms with Crippen molar-refractivity contribution in [3.05, 3.63) is 120 Å². The molecule has 0 amide bonds. The number of esters is 4. The van der Waals surface area contributed by atoms with Gasteiger partial charge in [-0.25, -0.2) is 0 Å². The molecule has 0 spiro atoms. The number of carbonyl (C=O) groups excluding carboxylic acids is 5. The van der Waals surface area contributed by atoms with Gasteiger partial charge in [0.15, 0.2) is 0 Å². The van der Waals surface area contributed by atoms with E-state index in [4.69, 9.17) is 28.4 Å². The monoisotopic (exact) mass is 1230 g/mol. The van der Waals surface area contributed by atoms with E-state index in [9.17, 15) is 34.2 Å². The molecule has 0 saturated carbocycles. The Kier molecular flexibility index (Phi) is 39.7. The van der Waals surface area contributed by atoms with Crippen LogP contribution < -0.4 is 0 Å². The third kappa shape index (κ3) is 33.2. The molecule has 0 aliphatic heterocycles. The van der Waals surface area contributed by atoms with Crippen molar-refractivity contribution in [2.45, 2.75) is 217 Å². The molecule has 0 heterocycles. The minimum Gasteiger partial charge on any atom is -0.500 e. The molecular weight excluding hydrogens is 1110 g/mol. The highest BCUT2D eigenvalue weighted by atomic mass is 16.6. The van der Waals surface area contributed by atoms with E-state index in [1.165, 1.54) is 0 Å². The zero-order valence-electron chi connectivity index (χ0n) is 59.6. The van der Waals surface area contributed by atoms with Gasteiger partial charge in [-0.3, -0.25) is 19.2 Å². The summed E-state index contributed by atoms with van der Waals surface area (Å²) in [6.07, 6.45) is 3.64. The van der Waals surface area contributed by atoms with Crippen molar-refractivity contribution in [2.75, 3.05) is 26.4 Å². The van der Waals surface area contributed by atoms with Crippen LogP contribution in [0.1, 0.15) is 210 Å². The average molecular weight is 1230 g/mol. The molecular formula is C75H122O13. The molecule has 0 fully saturated rings. The second-order valence-corrected chi connectivity index (χ2v) is 28.6. The van der Waals surface area contributed by atoms with Crippen LogP contribution in [0.15, 0.2) is 104 Å². The second-order valence-electron chi connectivity index (χ2n) is 28.6. The predicted octanol–water partition coefficient (Wildman–Crippen LogP) is 17.1. The number of rotatable bonds is 28. The molecule has 0 bridgehead atoms. The van der Waals surface area contributed by atoms with Crippen LogP contribution in [0.25, 0.3) is 11.1 Å². The van der Waals surface area contributed by atoms with Gasteiger partial charge in [0.2, 0.25) is 0 Å². The first-order valence-electron chi connectivity index (χ1n) is 31.8. The Morgan fingerprint density at radius 3 is 1.09 bits per heavy atom. The third-order valence-electron chi connectivity index (χ3n) is 14.6. The van der Waals surface area contributed by atoms with E-state index in [1.807, 2.05) is 191 Å². The lowest BCUT2D eigenvalue weighted by Gasteiger charge is -2.36. The minimum absolute atomic E-state index is 0.0151. The molecule has 13 nitrogen and oxygen atoms in total. The van der Waals surface area contributed by atoms with Crippen LogP contribution in [0.5, 0.6) is 0 Å². The minimum atomic E-state index is -0.461. The van der Waals surface area contributed by atoms with Crippen LogP contribution in [0.3, 0.4) is 0 Å². The normalized spacial score (nSPS) is 14.0. The van der Waals surface area contributed by atoms with Gasteiger partial charge in [-0.1, -0.05) is 264 Å². The predicted molar refractivity (Wildman–Crippen MR) is 361 cm³/mol. The van der Waals surface area contributed by atoms with Gasteiger partial charge < -0.3 is 43.4 Å². The van der Waals surface area contributed by atoms with Crippen molar-refractivity contribution in [3.8, 4) is 0 Å². The molecule has 2 N–H and O–H groups in total. The molecule has 88 heavy (non-hydrogen) atoms. The standard InChI is InChI=1S/2C21H32O3.2C12H24O3.C9H10O/c1-15(2)19(21(6,7)14-24-20(22)16(3)4)23-13-17(5)18-11-9-8-10-12-18;1-15(2)19(24-20(22)16(3)4)21(6,7)14-23-13-17(5)18-11-9-8-10-12-18;1-8(2)10(13)12(5,6)7-15-11(14)9(3)4;1-8(2)10(12(5,6)7-13)15-11(14)9(3)4;1-8(7-10)9-5-3-2-4-6-9/h2*8-13,15-16,19H,14H2,1-7H3;2*8-10,13H,7H2,1-6H3;2-8H,1H3. The average Bonchev–Trinajstić information content (AvgIpc) is 3.58. The number of benzene rings is 3. The van der Waals surface area contributed by atoms with Crippen LogP contribution in [0.4, 0.5) is 0 Å². The Balaban J connectivity index is 0. The molecule has 5 unspecified atom stereocenters. The molecule has 0 saturated heterocycles. The summed E-state index contributed by atoms with van der Waals surface area (Å²) in [6, 6.07) is 30.0. The fraction of sp³-hybridized carbons (Fsp3) is 0.640. The maximum absolute atomic E-state index is 12.0. The Morgan fingerprint density at radius 2 is 0.761 bits per heavy atom. The second kappa shape index (κ2) is 41.5. The first-order valence-corrected chi connectivity index (χ1v) is 31.8. The highest BCUT2D eigenvalue weighted by Crippen LogP contribution is 2.33. The van der Waals surface area contributed by atoms with Crippen molar-refractivity contribution in [1.29, 1.82) is 0 Å². The summed E-state index contributed by atoms with van der Waals surface area (Å²) in [4.78, 5) is 56.9. The SMILES string of the molecule is CC(=COC(C(C)C)C(C)(C)COC(=O)C(C)C)c1ccccc1.CC(=COCC(C)(C)C(OC(=O)C(C)C)C(C)C)c1ccccc1.CC(C)C(=O)OC(C(C)C)C(C)(C)CO.CC(C)C(=O)OCC(C)(C)C(O)C(C)C.CC(C=O)c1ccccc1. The lowest BCUT2D eigenvalue weighted by molar-refractivity contribution is -0.165. The van der Waals surface area contributed by atoms with Crippen LogP contribution in [0, 0.1) is 69.0 Å². The molecule has 500 valence electrons. The van der Waals surface area contributed by atoms with E-state index in [1.54, 1.807) is 20.1 Å². The number of aliphatic hydroxyl groups excluding tert-OH is 2. The lowest BCUT2D eigenvalue weighted by atomic mass is 9.81. The highest BCUT2D eigenvalue weighted by molar-refractivity contribution is 5.73. The number of hydrogen-bond donors (Lipinski definition) is 2.